The summed E-state index contributed by atoms with van der Waals surface area (Å²) >= 11 is 0. The normalized spacial score (nSPS) is 19.8. The summed E-state index contributed by atoms with van der Waals surface area (Å²) in [6.45, 7) is 1.80. The van der Waals surface area contributed by atoms with E-state index in [1.54, 1.807) is 19.3 Å². The number of amides is 1. The van der Waals surface area contributed by atoms with Crippen LogP contribution in [0, 0.1) is 17.7 Å². The standard InChI is InChI=1S/C16H12FN3O2/c1-10-15(20-16(21)22-10)13-4-11(6-18-8-13)2-3-12-5-14(17)9-19-7-12/h4-10,15H,1H3,(H,20,21)/t10-,15-/m0/s1. The van der Waals surface area contributed by atoms with Crippen LogP contribution in [0.4, 0.5) is 9.18 Å². The smallest absolute Gasteiger partial charge is 0.408 e. The highest BCUT2D eigenvalue weighted by atomic mass is 19.1. The minimum Gasteiger partial charge on any atom is -0.444 e. The monoisotopic (exact) mass is 297 g/mol. The molecule has 5 nitrogen and oxygen atoms in total. The van der Waals surface area contributed by atoms with Gasteiger partial charge in [0.1, 0.15) is 11.9 Å². The Morgan fingerprint density at radius 3 is 2.45 bits per heavy atom. The summed E-state index contributed by atoms with van der Waals surface area (Å²) < 4.78 is 18.1. The van der Waals surface area contributed by atoms with Crippen LogP contribution in [-0.2, 0) is 4.74 Å². The maximum atomic E-state index is 13.0. The van der Waals surface area contributed by atoms with Crippen molar-refractivity contribution >= 4 is 6.09 Å². The molecule has 0 aromatic carbocycles. The first-order valence-electron chi connectivity index (χ1n) is 6.66. The molecular formula is C16H12FN3O2. The number of alkyl carbamates (subject to hydrolysis) is 1. The largest absolute Gasteiger partial charge is 0.444 e. The van der Waals surface area contributed by atoms with Crippen molar-refractivity contribution in [2.75, 3.05) is 0 Å². The molecule has 0 unspecified atom stereocenters. The fraction of sp³-hybridized carbons (Fsp3) is 0.188. The SMILES string of the molecule is C[C@@H]1OC(=O)N[C@@H]1c1cncc(C#Cc2cncc(F)c2)c1. The van der Waals surface area contributed by atoms with Gasteiger partial charge in [-0.2, -0.15) is 0 Å². The minimum atomic E-state index is -0.445. The average Bonchev–Trinajstić information content (AvgIpc) is 2.84. The van der Waals surface area contributed by atoms with Gasteiger partial charge >= 0.3 is 6.09 Å². The van der Waals surface area contributed by atoms with Gasteiger partial charge in [-0.05, 0) is 24.6 Å². The van der Waals surface area contributed by atoms with Crippen molar-refractivity contribution in [3.63, 3.8) is 0 Å². The first-order chi connectivity index (χ1) is 10.6. The van der Waals surface area contributed by atoms with E-state index in [-0.39, 0.29) is 12.1 Å². The Morgan fingerprint density at radius 2 is 1.82 bits per heavy atom. The van der Waals surface area contributed by atoms with Gasteiger partial charge in [0.15, 0.2) is 0 Å². The molecule has 1 aliphatic heterocycles. The van der Waals surface area contributed by atoms with Gasteiger partial charge in [0.05, 0.1) is 12.2 Å². The van der Waals surface area contributed by atoms with Crippen LogP contribution >= 0.6 is 0 Å². The minimum absolute atomic E-state index is 0.252. The molecule has 2 aromatic rings. The highest BCUT2D eigenvalue weighted by Gasteiger charge is 2.31. The maximum Gasteiger partial charge on any atom is 0.408 e. The molecule has 22 heavy (non-hydrogen) atoms. The Morgan fingerprint density at radius 1 is 1.14 bits per heavy atom. The average molecular weight is 297 g/mol. The highest BCUT2D eigenvalue weighted by Crippen LogP contribution is 2.24. The predicted molar refractivity (Wildman–Crippen MR) is 76.2 cm³/mol. The Bertz CT molecular complexity index is 782. The molecule has 0 bridgehead atoms. The van der Waals surface area contributed by atoms with Crippen molar-refractivity contribution in [1.82, 2.24) is 15.3 Å². The lowest BCUT2D eigenvalue weighted by Crippen LogP contribution is -2.21. The van der Waals surface area contributed by atoms with E-state index in [0.29, 0.717) is 11.1 Å². The zero-order chi connectivity index (χ0) is 15.5. The molecule has 2 atom stereocenters. The second-order valence-electron chi connectivity index (χ2n) is 4.88. The summed E-state index contributed by atoms with van der Waals surface area (Å²) in [5, 5.41) is 2.72. The number of halogens is 1. The Labute approximate surface area is 126 Å². The van der Waals surface area contributed by atoms with Gasteiger partial charge in [-0.1, -0.05) is 11.8 Å². The molecule has 1 N–H and O–H groups in total. The molecule has 1 fully saturated rings. The zero-order valence-electron chi connectivity index (χ0n) is 11.7. The molecule has 1 amide bonds. The molecule has 1 aliphatic rings. The van der Waals surface area contributed by atoms with Crippen LogP contribution < -0.4 is 5.32 Å². The Kier molecular flexibility index (Phi) is 3.71. The topological polar surface area (TPSA) is 64.1 Å². The van der Waals surface area contributed by atoms with Gasteiger partial charge < -0.3 is 10.1 Å². The van der Waals surface area contributed by atoms with Crippen LogP contribution in [0.2, 0.25) is 0 Å². The third kappa shape index (κ3) is 3.04. The summed E-state index contributed by atoms with van der Waals surface area (Å²) in [6.07, 6.45) is 5.15. The quantitative estimate of drug-likeness (QED) is 0.819. The van der Waals surface area contributed by atoms with Gasteiger partial charge in [-0.15, -0.1) is 0 Å². The molecule has 0 spiro atoms. The van der Waals surface area contributed by atoms with Crippen LogP contribution in [0.3, 0.4) is 0 Å². The summed E-state index contributed by atoms with van der Waals surface area (Å²) in [5.41, 5.74) is 1.95. The first kappa shape index (κ1) is 14.0. The molecule has 0 radical (unpaired) electrons. The number of hydrogen-bond acceptors (Lipinski definition) is 4. The maximum absolute atomic E-state index is 13.0. The highest BCUT2D eigenvalue weighted by molar-refractivity contribution is 5.70. The first-order valence-corrected chi connectivity index (χ1v) is 6.66. The van der Waals surface area contributed by atoms with Gasteiger partial charge in [0, 0.05) is 29.7 Å². The number of carbonyl (C=O) groups excluding carboxylic acids is 1. The Hall–Kier alpha value is -2.94. The van der Waals surface area contributed by atoms with Gasteiger partial charge in [-0.25, -0.2) is 9.18 Å². The molecule has 0 aliphatic carbocycles. The molecule has 110 valence electrons. The summed E-state index contributed by atoms with van der Waals surface area (Å²) in [6, 6.07) is 2.88. The summed E-state index contributed by atoms with van der Waals surface area (Å²) in [5.74, 6) is 5.30. The van der Waals surface area contributed by atoms with E-state index in [0.717, 1.165) is 11.8 Å². The van der Waals surface area contributed by atoms with E-state index in [1.165, 1.54) is 12.3 Å². The third-order valence-electron chi connectivity index (χ3n) is 3.21. The number of nitrogens with zero attached hydrogens (tertiary/aromatic N) is 2. The Balaban J connectivity index is 1.85. The molecule has 1 saturated heterocycles. The third-order valence-corrected chi connectivity index (χ3v) is 3.21. The number of rotatable bonds is 1. The number of hydrogen-bond donors (Lipinski definition) is 1. The number of cyclic esters (lactones) is 1. The van der Waals surface area contributed by atoms with E-state index in [2.05, 4.69) is 27.1 Å². The van der Waals surface area contributed by atoms with E-state index in [4.69, 9.17) is 4.74 Å². The van der Waals surface area contributed by atoms with E-state index in [9.17, 15) is 9.18 Å². The lowest BCUT2D eigenvalue weighted by molar-refractivity contribution is 0.141. The predicted octanol–water partition coefficient (Wildman–Crippen LogP) is 2.18. The number of nitrogens with one attached hydrogen (secondary N) is 1. The van der Waals surface area contributed by atoms with Gasteiger partial charge in [0.2, 0.25) is 0 Å². The van der Waals surface area contributed by atoms with Crippen molar-refractivity contribution in [2.45, 2.75) is 19.1 Å². The molecule has 2 aromatic heterocycles. The van der Waals surface area contributed by atoms with Crippen molar-refractivity contribution in [1.29, 1.82) is 0 Å². The fourth-order valence-corrected chi connectivity index (χ4v) is 2.19. The van der Waals surface area contributed by atoms with Crippen LogP contribution in [0.5, 0.6) is 0 Å². The lowest BCUT2D eigenvalue weighted by Gasteiger charge is -2.12. The number of ether oxygens (including phenoxy) is 1. The van der Waals surface area contributed by atoms with Crippen LogP contribution in [0.1, 0.15) is 29.7 Å². The van der Waals surface area contributed by atoms with E-state index >= 15 is 0 Å². The van der Waals surface area contributed by atoms with Crippen LogP contribution in [0.15, 0.2) is 36.9 Å². The summed E-state index contributed by atoms with van der Waals surface area (Å²) in [4.78, 5) is 19.1. The molecule has 3 rings (SSSR count). The molecule has 0 saturated carbocycles. The van der Waals surface area contributed by atoms with Gasteiger partial charge in [0.25, 0.3) is 0 Å². The van der Waals surface area contributed by atoms with E-state index < -0.39 is 11.9 Å². The van der Waals surface area contributed by atoms with E-state index in [1.807, 2.05) is 6.07 Å². The molecular weight excluding hydrogens is 285 g/mol. The van der Waals surface area contributed by atoms with Crippen molar-refractivity contribution in [2.24, 2.45) is 0 Å². The zero-order valence-corrected chi connectivity index (χ0v) is 11.7. The van der Waals surface area contributed by atoms with Crippen molar-refractivity contribution in [3.8, 4) is 11.8 Å². The van der Waals surface area contributed by atoms with Crippen LogP contribution in [-0.4, -0.2) is 22.2 Å². The van der Waals surface area contributed by atoms with Gasteiger partial charge in [-0.3, -0.25) is 9.97 Å². The molecule has 3 heterocycles. The molecule has 6 heteroatoms. The number of pyridine rings is 2. The lowest BCUT2D eigenvalue weighted by atomic mass is 10.0. The summed E-state index contributed by atoms with van der Waals surface area (Å²) in [7, 11) is 0. The number of carbonyl (C=O) groups is 1. The van der Waals surface area contributed by atoms with Crippen molar-refractivity contribution in [3.05, 3.63) is 59.4 Å². The van der Waals surface area contributed by atoms with Crippen molar-refractivity contribution < 1.29 is 13.9 Å². The number of aromatic nitrogens is 2. The second kappa shape index (κ2) is 5.82. The fourth-order valence-electron chi connectivity index (χ4n) is 2.19. The van der Waals surface area contributed by atoms with Crippen LogP contribution in [0.25, 0.3) is 0 Å². The second-order valence-corrected chi connectivity index (χ2v) is 4.88.